The molecule has 102 valence electrons. The standard InChI is InChI=1S/C15H21N3O/c1-16-13(11-15-17-7-8-18(15)2)9-12-5-4-6-14(10-12)19-3/h4-8,10,13,16H,9,11H2,1-3H3. The van der Waals surface area contributed by atoms with Gasteiger partial charge in [-0.05, 0) is 31.2 Å². The van der Waals surface area contributed by atoms with E-state index in [1.54, 1.807) is 7.11 Å². The summed E-state index contributed by atoms with van der Waals surface area (Å²) in [5.41, 5.74) is 1.27. The van der Waals surface area contributed by atoms with E-state index in [2.05, 4.69) is 27.0 Å². The third-order valence-corrected chi connectivity index (χ3v) is 3.37. The maximum absolute atomic E-state index is 5.26. The molecule has 0 saturated heterocycles. The van der Waals surface area contributed by atoms with E-state index in [4.69, 9.17) is 4.74 Å². The van der Waals surface area contributed by atoms with Crippen molar-refractivity contribution >= 4 is 0 Å². The van der Waals surface area contributed by atoms with E-state index in [0.717, 1.165) is 24.4 Å². The molecule has 2 rings (SSSR count). The summed E-state index contributed by atoms with van der Waals surface area (Å²) in [6.07, 6.45) is 5.69. The van der Waals surface area contributed by atoms with Crippen LogP contribution in [0.15, 0.2) is 36.7 Å². The largest absolute Gasteiger partial charge is 0.497 e. The molecule has 0 aliphatic carbocycles. The van der Waals surface area contributed by atoms with E-state index < -0.39 is 0 Å². The van der Waals surface area contributed by atoms with Crippen LogP contribution in [0.1, 0.15) is 11.4 Å². The predicted molar refractivity (Wildman–Crippen MR) is 76.5 cm³/mol. The number of likely N-dealkylation sites (N-methyl/N-ethyl adjacent to an activating group) is 1. The van der Waals surface area contributed by atoms with Gasteiger partial charge in [0.05, 0.1) is 7.11 Å². The first kappa shape index (κ1) is 13.6. The van der Waals surface area contributed by atoms with Gasteiger partial charge in [0.1, 0.15) is 11.6 Å². The molecule has 0 fully saturated rings. The average Bonchev–Trinajstić information content (AvgIpc) is 2.83. The Morgan fingerprint density at radius 3 is 2.84 bits per heavy atom. The fraction of sp³-hybridized carbons (Fsp3) is 0.400. The van der Waals surface area contributed by atoms with Gasteiger partial charge >= 0.3 is 0 Å². The molecule has 4 nitrogen and oxygen atoms in total. The molecular formula is C15H21N3O. The lowest BCUT2D eigenvalue weighted by Crippen LogP contribution is -2.30. The van der Waals surface area contributed by atoms with Gasteiger partial charge in [0.2, 0.25) is 0 Å². The summed E-state index contributed by atoms with van der Waals surface area (Å²) in [6, 6.07) is 8.58. The van der Waals surface area contributed by atoms with Crippen LogP contribution in [0.3, 0.4) is 0 Å². The highest BCUT2D eigenvalue weighted by atomic mass is 16.5. The number of imidazole rings is 1. The molecule has 1 unspecified atom stereocenters. The maximum atomic E-state index is 5.26. The van der Waals surface area contributed by atoms with Crippen LogP contribution in [0.5, 0.6) is 5.75 Å². The maximum Gasteiger partial charge on any atom is 0.119 e. The van der Waals surface area contributed by atoms with Crippen LogP contribution >= 0.6 is 0 Å². The van der Waals surface area contributed by atoms with Gasteiger partial charge in [-0.2, -0.15) is 0 Å². The molecule has 0 amide bonds. The first-order valence-corrected chi connectivity index (χ1v) is 6.49. The second-order valence-electron chi connectivity index (χ2n) is 4.70. The fourth-order valence-electron chi connectivity index (χ4n) is 2.17. The summed E-state index contributed by atoms with van der Waals surface area (Å²) in [6.45, 7) is 0. The molecule has 4 heteroatoms. The molecule has 0 saturated carbocycles. The molecule has 0 aliphatic rings. The molecule has 0 bridgehead atoms. The fourth-order valence-corrected chi connectivity index (χ4v) is 2.17. The van der Waals surface area contributed by atoms with Crippen molar-refractivity contribution in [3.05, 3.63) is 48.0 Å². The number of benzene rings is 1. The Bertz CT molecular complexity index is 522. The Hall–Kier alpha value is -1.81. The third kappa shape index (κ3) is 3.58. The lowest BCUT2D eigenvalue weighted by Gasteiger charge is -2.16. The van der Waals surface area contributed by atoms with E-state index in [1.165, 1.54) is 5.56 Å². The van der Waals surface area contributed by atoms with Crippen molar-refractivity contribution in [1.29, 1.82) is 0 Å². The summed E-state index contributed by atoms with van der Waals surface area (Å²) < 4.78 is 7.32. The van der Waals surface area contributed by atoms with E-state index in [9.17, 15) is 0 Å². The summed E-state index contributed by atoms with van der Waals surface area (Å²) in [7, 11) is 5.72. The molecule has 1 atom stereocenters. The Kier molecular flexibility index (Phi) is 4.58. The molecule has 1 N–H and O–H groups in total. The van der Waals surface area contributed by atoms with Crippen molar-refractivity contribution in [3.63, 3.8) is 0 Å². The summed E-state index contributed by atoms with van der Waals surface area (Å²) in [5.74, 6) is 2.01. The lowest BCUT2D eigenvalue weighted by atomic mass is 10.0. The molecule has 1 aromatic heterocycles. The Morgan fingerprint density at radius 2 is 2.21 bits per heavy atom. The van der Waals surface area contributed by atoms with Gasteiger partial charge in [0.25, 0.3) is 0 Å². The molecule has 2 aromatic rings. The smallest absolute Gasteiger partial charge is 0.119 e. The topological polar surface area (TPSA) is 39.1 Å². The number of nitrogens with one attached hydrogen (secondary N) is 1. The van der Waals surface area contributed by atoms with Crippen LogP contribution < -0.4 is 10.1 Å². The zero-order valence-corrected chi connectivity index (χ0v) is 11.8. The van der Waals surface area contributed by atoms with Crippen molar-refractivity contribution in [1.82, 2.24) is 14.9 Å². The van der Waals surface area contributed by atoms with Gasteiger partial charge in [0.15, 0.2) is 0 Å². The minimum atomic E-state index is 0.369. The first-order valence-electron chi connectivity index (χ1n) is 6.49. The Morgan fingerprint density at radius 1 is 1.37 bits per heavy atom. The van der Waals surface area contributed by atoms with Crippen LogP contribution in [-0.2, 0) is 19.9 Å². The zero-order chi connectivity index (χ0) is 13.7. The van der Waals surface area contributed by atoms with E-state index in [1.807, 2.05) is 38.6 Å². The van der Waals surface area contributed by atoms with Crippen molar-refractivity contribution in [2.75, 3.05) is 14.2 Å². The van der Waals surface area contributed by atoms with Crippen LogP contribution in [0.4, 0.5) is 0 Å². The summed E-state index contributed by atoms with van der Waals surface area (Å²) in [4.78, 5) is 4.38. The number of hydrogen-bond acceptors (Lipinski definition) is 3. The predicted octanol–water partition coefficient (Wildman–Crippen LogP) is 1.80. The number of aromatic nitrogens is 2. The van der Waals surface area contributed by atoms with E-state index >= 15 is 0 Å². The molecule has 19 heavy (non-hydrogen) atoms. The normalized spacial score (nSPS) is 12.4. The van der Waals surface area contributed by atoms with Crippen LogP contribution in [0.25, 0.3) is 0 Å². The number of aryl methyl sites for hydroxylation is 1. The minimum absolute atomic E-state index is 0.369. The molecule has 1 aromatic carbocycles. The molecule has 1 heterocycles. The number of nitrogens with zero attached hydrogens (tertiary/aromatic N) is 2. The van der Waals surface area contributed by atoms with Gasteiger partial charge in [-0.3, -0.25) is 0 Å². The Balaban J connectivity index is 2.04. The number of hydrogen-bond donors (Lipinski definition) is 1. The summed E-state index contributed by atoms with van der Waals surface area (Å²) in [5, 5.41) is 3.36. The molecule has 0 aliphatic heterocycles. The molecule has 0 radical (unpaired) electrons. The van der Waals surface area contributed by atoms with Crippen LogP contribution in [-0.4, -0.2) is 29.8 Å². The monoisotopic (exact) mass is 259 g/mol. The van der Waals surface area contributed by atoms with Gasteiger partial charge < -0.3 is 14.6 Å². The third-order valence-electron chi connectivity index (χ3n) is 3.37. The van der Waals surface area contributed by atoms with Gasteiger partial charge in [-0.1, -0.05) is 12.1 Å². The first-order chi connectivity index (χ1) is 9.22. The average molecular weight is 259 g/mol. The van der Waals surface area contributed by atoms with E-state index in [0.29, 0.717) is 6.04 Å². The zero-order valence-electron chi connectivity index (χ0n) is 11.8. The SMILES string of the molecule is CNC(Cc1cccc(OC)c1)Cc1nccn1C. The van der Waals surface area contributed by atoms with E-state index in [-0.39, 0.29) is 0 Å². The molecular weight excluding hydrogens is 238 g/mol. The van der Waals surface area contributed by atoms with Crippen molar-refractivity contribution in [2.24, 2.45) is 7.05 Å². The van der Waals surface area contributed by atoms with Crippen molar-refractivity contribution < 1.29 is 4.74 Å². The highest BCUT2D eigenvalue weighted by Crippen LogP contribution is 2.15. The highest BCUT2D eigenvalue weighted by molar-refractivity contribution is 5.29. The van der Waals surface area contributed by atoms with Gasteiger partial charge in [0, 0.05) is 31.9 Å². The minimum Gasteiger partial charge on any atom is -0.497 e. The quantitative estimate of drug-likeness (QED) is 0.860. The van der Waals surface area contributed by atoms with Crippen LogP contribution in [0, 0.1) is 0 Å². The molecule has 0 spiro atoms. The van der Waals surface area contributed by atoms with Crippen molar-refractivity contribution in [2.45, 2.75) is 18.9 Å². The summed E-state index contributed by atoms with van der Waals surface area (Å²) >= 11 is 0. The Labute approximate surface area is 114 Å². The second kappa shape index (κ2) is 6.38. The number of rotatable bonds is 6. The second-order valence-corrected chi connectivity index (χ2v) is 4.70. The lowest BCUT2D eigenvalue weighted by molar-refractivity contribution is 0.413. The number of ether oxygens (including phenoxy) is 1. The van der Waals surface area contributed by atoms with Crippen LogP contribution in [0.2, 0.25) is 0 Å². The van der Waals surface area contributed by atoms with Gasteiger partial charge in [-0.25, -0.2) is 4.98 Å². The van der Waals surface area contributed by atoms with Crippen molar-refractivity contribution in [3.8, 4) is 5.75 Å². The number of methoxy groups -OCH3 is 1. The van der Waals surface area contributed by atoms with Gasteiger partial charge in [-0.15, -0.1) is 0 Å². The highest BCUT2D eigenvalue weighted by Gasteiger charge is 2.11.